The quantitative estimate of drug-likeness (QED) is 0.621. The van der Waals surface area contributed by atoms with Crippen LogP contribution in [0.3, 0.4) is 0 Å². The van der Waals surface area contributed by atoms with Gasteiger partial charge in [0.25, 0.3) is 0 Å². The summed E-state index contributed by atoms with van der Waals surface area (Å²) in [6, 6.07) is 10.1. The summed E-state index contributed by atoms with van der Waals surface area (Å²) in [4.78, 5) is 0. The van der Waals surface area contributed by atoms with E-state index in [2.05, 4.69) is 0 Å². The van der Waals surface area contributed by atoms with E-state index in [0.717, 1.165) is 12.3 Å². The molecule has 2 aromatic rings. The minimum Gasteiger partial charge on any atom is -0.449 e. The molecule has 0 bridgehead atoms. The van der Waals surface area contributed by atoms with Gasteiger partial charge in [-0.1, -0.05) is 18.2 Å². The Kier molecular flexibility index (Phi) is 1.68. The summed E-state index contributed by atoms with van der Waals surface area (Å²) >= 11 is 1.59. The molecule has 0 aliphatic heterocycles. The molecular weight excluding hydrogens is 155 g/mol. The van der Waals surface area contributed by atoms with Crippen LogP contribution in [-0.2, 0) is 0 Å². The summed E-state index contributed by atoms with van der Waals surface area (Å²) in [5, 5.41) is 9.92. The van der Waals surface area contributed by atoms with Crippen molar-refractivity contribution in [1.82, 2.24) is 0 Å². The van der Waals surface area contributed by atoms with Crippen LogP contribution in [0.2, 0.25) is 0 Å². The van der Waals surface area contributed by atoms with Crippen LogP contribution in [0.1, 0.15) is 0 Å². The second-order valence-corrected chi connectivity index (χ2v) is 3.43. The van der Waals surface area contributed by atoms with Gasteiger partial charge in [-0.2, -0.15) is 0 Å². The number of benzene rings is 1. The van der Waals surface area contributed by atoms with Crippen LogP contribution in [0.5, 0.6) is 0 Å². The molecule has 53 valence electrons. The Bertz CT molecular complexity index is 336. The van der Waals surface area contributed by atoms with Crippen molar-refractivity contribution in [2.24, 2.45) is 0 Å². The zero-order chi connectivity index (χ0) is 7.68. The largest absolute Gasteiger partial charge is 0.449 e. The van der Waals surface area contributed by atoms with E-state index in [4.69, 9.17) is 5.02 Å². The van der Waals surface area contributed by atoms with Gasteiger partial charge in [-0.05, 0) is 17.5 Å². The van der Waals surface area contributed by atoms with Crippen molar-refractivity contribution in [3.8, 4) is 0 Å². The summed E-state index contributed by atoms with van der Waals surface area (Å²) in [6.45, 7) is 0. The Morgan fingerprint density at radius 1 is 1.27 bits per heavy atom. The van der Waals surface area contributed by atoms with Gasteiger partial charge in [-0.15, -0.1) is 11.3 Å². The Labute approximate surface area is 69.6 Å². The number of hydrogen-bond donors (Lipinski definition) is 1. The first kappa shape index (κ1) is 6.89. The first-order chi connectivity index (χ1) is 5.40. The first-order valence-corrected chi connectivity index (χ1v) is 4.18. The topological polar surface area (TPSA) is 20.2 Å². The van der Waals surface area contributed by atoms with Crippen molar-refractivity contribution in [3.05, 3.63) is 30.3 Å². The van der Waals surface area contributed by atoms with E-state index in [1.807, 2.05) is 30.3 Å². The zero-order valence-corrected chi connectivity index (χ0v) is 6.64. The SMILES string of the molecule is O[B]c1cc2ccccc2s1. The third-order valence-corrected chi connectivity index (χ3v) is 2.62. The molecule has 0 amide bonds. The van der Waals surface area contributed by atoms with Crippen LogP contribution in [0.25, 0.3) is 10.1 Å². The Morgan fingerprint density at radius 2 is 2.09 bits per heavy atom. The van der Waals surface area contributed by atoms with Crippen molar-refractivity contribution in [2.45, 2.75) is 0 Å². The lowest BCUT2D eigenvalue weighted by Gasteiger charge is -1.82. The minimum absolute atomic E-state index is 0.909. The van der Waals surface area contributed by atoms with E-state index in [-0.39, 0.29) is 0 Å². The van der Waals surface area contributed by atoms with Gasteiger partial charge >= 0.3 is 7.48 Å². The summed E-state index contributed by atoms with van der Waals surface area (Å²) in [5.41, 5.74) is 0. The van der Waals surface area contributed by atoms with Crippen molar-refractivity contribution >= 4 is 33.7 Å². The van der Waals surface area contributed by atoms with Gasteiger partial charge < -0.3 is 5.02 Å². The summed E-state index contributed by atoms with van der Waals surface area (Å²) in [5.74, 6) is 0. The molecule has 0 saturated heterocycles. The molecule has 0 unspecified atom stereocenters. The highest BCUT2D eigenvalue weighted by Crippen LogP contribution is 2.17. The molecule has 1 radical (unpaired) electrons. The molecule has 1 nitrogen and oxygen atoms in total. The molecule has 3 heteroatoms. The molecule has 0 saturated carbocycles. The third kappa shape index (κ3) is 1.17. The molecule has 2 rings (SSSR count). The predicted octanol–water partition coefficient (Wildman–Crippen LogP) is 1.14. The second kappa shape index (κ2) is 2.68. The highest BCUT2D eigenvalue weighted by atomic mass is 32.1. The lowest BCUT2D eigenvalue weighted by Crippen LogP contribution is -2.06. The third-order valence-electron chi connectivity index (χ3n) is 1.57. The standard InChI is InChI=1S/C8H6BOS/c10-9-8-5-6-3-1-2-4-7(6)11-8/h1-5,10H. The summed E-state index contributed by atoms with van der Waals surface area (Å²) in [6.07, 6.45) is 0. The molecule has 0 aliphatic rings. The number of hydrogen-bond acceptors (Lipinski definition) is 2. The fourth-order valence-corrected chi connectivity index (χ4v) is 1.95. The first-order valence-electron chi connectivity index (χ1n) is 3.36. The number of fused-ring (bicyclic) bond motifs is 1. The molecule has 0 aliphatic carbocycles. The highest BCUT2D eigenvalue weighted by molar-refractivity contribution is 7.26. The second-order valence-electron chi connectivity index (χ2n) is 2.32. The van der Waals surface area contributed by atoms with Crippen LogP contribution < -0.4 is 4.78 Å². The van der Waals surface area contributed by atoms with Crippen LogP contribution in [0, 0.1) is 0 Å². The average Bonchev–Trinajstić information content (AvgIpc) is 2.46. The lowest BCUT2D eigenvalue weighted by atomic mass is 9.99. The van der Waals surface area contributed by atoms with Gasteiger partial charge in [0.1, 0.15) is 0 Å². The minimum atomic E-state index is 0.909. The summed E-state index contributed by atoms with van der Waals surface area (Å²) < 4.78 is 2.12. The Hall–Kier alpha value is -0.795. The summed E-state index contributed by atoms with van der Waals surface area (Å²) in [7, 11) is 1.14. The van der Waals surface area contributed by atoms with Crippen molar-refractivity contribution < 1.29 is 5.02 Å². The van der Waals surface area contributed by atoms with E-state index in [1.165, 1.54) is 10.1 Å². The fraction of sp³-hybridized carbons (Fsp3) is 0. The van der Waals surface area contributed by atoms with Crippen molar-refractivity contribution in [3.63, 3.8) is 0 Å². The normalized spacial score (nSPS) is 10.3. The molecule has 1 aromatic heterocycles. The van der Waals surface area contributed by atoms with E-state index in [9.17, 15) is 0 Å². The van der Waals surface area contributed by atoms with E-state index >= 15 is 0 Å². The molecule has 11 heavy (non-hydrogen) atoms. The highest BCUT2D eigenvalue weighted by Gasteiger charge is 1.99. The van der Waals surface area contributed by atoms with Crippen molar-refractivity contribution in [2.75, 3.05) is 0 Å². The van der Waals surface area contributed by atoms with Crippen LogP contribution in [-0.4, -0.2) is 12.5 Å². The van der Waals surface area contributed by atoms with Gasteiger partial charge in [0.15, 0.2) is 0 Å². The van der Waals surface area contributed by atoms with Gasteiger partial charge in [-0.3, -0.25) is 0 Å². The maximum atomic E-state index is 8.72. The Morgan fingerprint density at radius 3 is 2.82 bits per heavy atom. The number of thiophene rings is 1. The van der Waals surface area contributed by atoms with Crippen LogP contribution in [0.15, 0.2) is 30.3 Å². The molecule has 0 fully saturated rings. The van der Waals surface area contributed by atoms with Crippen LogP contribution in [0.4, 0.5) is 0 Å². The maximum Gasteiger partial charge on any atom is 0.337 e. The zero-order valence-electron chi connectivity index (χ0n) is 5.82. The lowest BCUT2D eigenvalue weighted by molar-refractivity contribution is 0.616. The molecule has 0 atom stereocenters. The molecule has 1 aromatic carbocycles. The van der Waals surface area contributed by atoms with E-state index in [0.29, 0.717) is 0 Å². The van der Waals surface area contributed by atoms with Gasteiger partial charge in [-0.25, -0.2) is 0 Å². The van der Waals surface area contributed by atoms with Gasteiger partial charge in [0, 0.05) is 9.48 Å². The van der Waals surface area contributed by atoms with Crippen molar-refractivity contribution in [1.29, 1.82) is 0 Å². The maximum absolute atomic E-state index is 8.72. The Balaban J connectivity index is 2.69. The van der Waals surface area contributed by atoms with Gasteiger partial charge in [0.05, 0.1) is 0 Å². The fourth-order valence-electron chi connectivity index (χ4n) is 1.07. The molecule has 0 spiro atoms. The van der Waals surface area contributed by atoms with E-state index < -0.39 is 0 Å². The predicted molar refractivity (Wildman–Crippen MR) is 49.4 cm³/mol. The van der Waals surface area contributed by atoms with Gasteiger partial charge in [0.2, 0.25) is 0 Å². The smallest absolute Gasteiger partial charge is 0.337 e. The van der Waals surface area contributed by atoms with E-state index in [1.54, 1.807) is 11.3 Å². The molecule has 1 heterocycles. The molecule has 1 N–H and O–H groups in total. The number of rotatable bonds is 1. The monoisotopic (exact) mass is 161 g/mol. The van der Waals surface area contributed by atoms with Crippen LogP contribution >= 0.6 is 11.3 Å². The molecular formula is C8H6BOS. The average molecular weight is 161 g/mol.